The molecule has 6 nitrogen and oxygen atoms in total. The van der Waals surface area contributed by atoms with Gasteiger partial charge in [0, 0.05) is 32.2 Å². The van der Waals surface area contributed by atoms with Gasteiger partial charge in [-0.1, -0.05) is 12.1 Å². The summed E-state index contributed by atoms with van der Waals surface area (Å²) in [6, 6.07) is 13.5. The van der Waals surface area contributed by atoms with Crippen molar-refractivity contribution in [3.63, 3.8) is 0 Å². The number of nitrogens with zero attached hydrogens (tertiary/aromatic N) is 1. The van der Waals surface area contributed by atoms with Gasteiger partial charge in [0.15, 0.2) is 5.96 Å². The van der Waals surface area contributed by atoms with Crippen LogP contribution in [0.5, 0.6) is 5.75 Å². The van der Waals surface area contributed by atoms with Crippen molar-refractivity contribution in [2.45, 2.75) is 6.42 Å². The maximum atomic E-state index is 13.2. The first kappa shape index (κ1) is 20.2. The summed E-state index contributed by atoms with van der Waals surface area (Å²) in [5.41, 5.74) is 1.50. The second-order valence-electron chi connectivity index (χ2n) is 5.79. The molecule has 1 amide bonds. The van der Waals surface area contributed by atoms with Crippen molar-refractivity contribution in [3.8, 4) is 5.75 Å². The van der Waals surface area contributed by atoms with Crippen LogP contribution in [0.25, 0.3) is 0 Å². The molecule has 3 N–H and O–H groups in total. The molecule has 0 aliphatic rings. The van der Waals surface area contributed by atoms with E-state index in [2.05, 4.69) is 20.9 Å². The number of carbonyl (C=O) groups excluding carboxylic acids is 1. The van der Waals surface area contributed by atoms with E-state index in [1.165, 1.54) is 12.1 Å². The molecule has 0 bridgehead atoms. The summed E-state index contributed by atoms with van der Waals surface area (Å²) in [6.45, 7) is 1.61. The van der Waals surface area contributed by atoms with Gasteiger partial charge in [0.1, 0.15) is 11.6 Å². The molecule has 0 aliphatic carbocycles. The third-order valence-corrected chi connectivity index (χ3v) is 3.87. The lowest BCUT2D eigenvalue weighted by Crippen LogP contribution is -2.42. The Morgan fingerprint density at radius 2 is 1.74 bits per heavy atom. The highest BCUT2D eigenvalue weighted by Gasteiger charge is 2.05. The fourth-order valence-corrected chi connectivity index (χ4v) is 2.44. The topological polar surface area (TPSA) is 74.8 Å². The Morgan fingerprint density at radius 1 is 1.04 bits per heavy atom. The molecular weight excluding hydrogens is 347 g/mol. The Balaban J connectivity index is 1.66. The van der Waals surface area contributed by atoms with Gasteiger partial charge in [0.05, 0.1) is 7.11 Å². The summed E-state index contributed by atoms with van der Waals surface area (Å²) < 4.78 is 18.2. The normalized spacial score (nSPS) is 11.0. The lowest BCUT2D eigenvalue weighted by atomic mass is 10.1. The van der Waals surface area contributed by atoms with Gasteiger partial charge < -0.3 is 20.7 Å². The van der Waals surface area contributed by atoms with Crippen LogP contribution in [0.2, 0.25) is 0 Å². The van der Waals surface area contributed by atoms with Crippen molar-refractivity contribution >= 4 is 11.9 Å². The zero-order valence-corrected chi connectivity index (χ0v) is 15.6. The van der Waals surface area contributed by atoms with Crippen molar-refractivity contribution in [2.75, 3.05) is 33.8 Å². The van der Waals surface area contributed by atoms with Crippen LogP contribution in [0.4, 0.5) is 4.39 Å². The molecule has 0 saturated carbocycles. The largest absolute Gasteiger partial charge is 0.497 e. The van der Waals surface area contributed by atoms with E-state index in [1.807, 2.05) is 6.07 Å². The molecule has 0 saturated heterocycles. The number of rotatable bonds is 8. The molecule has 27 heavy (non-hydrogen) atoms. The molecule has 0 spiro atoms. The van der Waals surface area contributed by atoms with Crippen molar-refractivity contribution in [1.29, 1.82) is 0 Å². The van der Waals surface area contributed by atoms with Crippen molar-refractivity contribution in [2.24, 2.45) is 4.99 Å². The fourth-order valence-electron chi connectivity index (χ4n) is 2.44. The first-order valence-corrected chi connectivity index (χ1v) is 8.73. The average molecular weight is 372 g/mol. The molecule has 0 atom stereocenters. The monoisotopic (exact) mass is 372 g/mol. The molecule has 0 aromatic heterocycles. The van der Waals surface area contributed by atoms with E-state index >= 15 is 0 Å². The van der Waals surface area contributed by atoms with Gasteiger partial charge >= 0.3 is 0 Å². The predicted octanol–water partition coefficient (Wildman–Crippen LogP) is 1.97. The standard InChI is InChI=1S/C20H25FN4O2/c1-22-20(24-11-10-15-4-3-5-17(21)14-15)25-13-12-23-19(26)16-6-8-18(27-2)9-7-16/h3-9,14H,10-13H2,1-2H3,(H,23,26)(H2,22,24,25). The smallest absolute Gasteiger partial charge is 0.251 e. The van der Waals surface area contributed by atoms with E-state index in [9.17, 15) is 9.18 Å². The van der Waals surface area contributed by atoms with E-state index < -0.39 is 0 Å². The van der Waals surface area contributed by atoms with Crippen LogP contribution in [-0.2, 0) is 6.42 Å². The average Bonchev–Trinajstić information content (AvgIpc) is 2.69. The number of guanidine groups is 1. The van der Waals surface area contributed by atoms with Gasteiger partial charge in [0.2, 0.25) is 0 Å². The summed E-state index contributed by atoms with van der Waals surface area (Å²) in [6.07, 6.45) is 0.687. The zero-order valence-electron chi connectivity index (χ0n) is 15.6. The highest BCUT2D eigenvalue weighted by molar-refractivity contribution is 5.94. The van der Waals surface area contributed by atoms with E-state index in [-0.39, 0.29) is 11.7 Å². The van der Waals surface area contributed by atoms with Crippen LogP contribution >= 0.6 is 0 Å². The number of amides is 1. The van der Waals surface area contributed by atoms with Crippen molar-refractivity contribution < 1.29 is 13.9 Å². The third-order valence-electron chi connectivity index (χ3n) is 3.87. The van der Waals surface area contributed by atoms with Crippen LogP contribution in [-0.4, -0.2) is 45.7 Å². The van der Waals surface area contributed by atoms with Crippen LogP contribution < -0.4 is 20.7 Å². The van der Waals surface area contributed by atoms with Gasteiger partial charge in [-0.15, -0.1) is 0 Å². The summed E-state index contributed by atoms with van der Waals surface area (Å²) in [4.78, 5) is 16.2. The third kappa shape index (κ3) is 6.97. The van der Waals surface area contributed by atoms with Gasteiger partial charge in [-0.05, 0) is 48.4 Å². The minimum atomic E-state index is -0.234. The van der Waals surface area contributed by atoms with E-state index in [1.54, 1.807) is 44.5 Å². The Kier molecular flexibility index (Phi) is 8.09. The van der Waals surface area contributed by atoms with Gasteiger partial charge in [-0.25, -0.2) is 4.39 Å². The number of benzene rings is 2. The quantitative estimate of drug-likeness (QED) is 0.376. The molecule has 2 aromatic rings. The summed E-state index contributed by atoms with van der Waals surface area (Å²) in [5, 5.41) is 9.12. The van der Waals surface area contributed by atoms with Gasteiger partial charge in [-0.3, -0.25) is 9.79 Å². The van der Waals surface area contributed by atoms with Crippen LogP contribution in [0, 0.1) is 5.82 Å². The number of carbonyl (C=O) groups is 1. The molecule has 0 fully saturated rings. The maximum Gasteiger partial charge on any atom is 0.251 e. The number of halogens is 1. The van der Waals surface area contributed by atoms with E-state index in [0.717, 1.165) is 5.56 Å². The maximum absolute atomic E-state index is 13.2. The number of methoxy groups -OCH3 is 1. The second-order valence-corrected chi connectivity index (χ2v) is 5.79. The molecule has 0 heterocycles. The first-order chi connectivity index (χ1) is 13.1. The number of aliphatic imine (C=N–C) groups is 1. The Morgan fingerprint density at radius 3 is 2.41 bits per heavy atom. The summed E-state index contributed by atoms with van der Waals surface area (Å²) >= 11 is 0. The predicted molar refractivity (Wildman–Crippen MR) is 105 cm³/mol. The van der Waals surface area contributed by atoms with Crippen LogP contribution in [0.3, 0.4) is 0 Å². The molecular formula is C20H25FN4O2. The molecule has 7 heteroatoms. The number of hydrogen-bond donors (Lipinski definition) is 3. The highest BCUT2D eigenvalue weighted by Crippen LogP contribution is 2.10. The molecule has 0 unspecified atom stereocenters. The molecule has 2 rings (SSSR count). The van der Waals surface area contributed by atoms with E-state index in [0.29, 0.717) is 43.3 Å². The SMILES string of the molecule is CN=C(NCCNC(=O)c1ccc(OC)cc1)NCCc1cccc(F)c1. The summed E-state index contributed by atoms with van der Waals surface area (Å²) in [5.74, 6) is 0.961. The van der Waals surface area contributed by atoms with Crippen LogP contribution in [0.1, 0.15) is 15.9 Å². The number of nitrogens with one attached hydrogen (secondary N) is 3. The number of ether oxygens (including phenoxy) is 1. The lowest BCUT2D eigenvalue weighted by Gasteiger charge is -2.12. The van der Waals surface area contributed by atoms with Crippen LogP contribution in [0.15, 0.2) is 53.5 Å². The van der Waals surface area contributed by atoms with Crippen molar-refractivity contribution in [1.82, 2.24) is 16.0 Å². The van der Waals surface area contributed by atoms with Gasteiger partial charge in [-0.2, -0.15) is 0 Å². The zero-order chi connectivity index (χ0) is 19.5. The Hall–Kier alpha value is -3.09. The lowest BCUT2D eigenvalue weighted by molar-refractivity contribution is 0.0954. The minimum absolute atomic E-state index is 0.145. The number of hydrogen-bond acceptors (Lipinski definition) is 3. The minimum Gasteiger partial charge on any atom is -0.497 e. The van der Waals surface area contributed by atoms with Gasteiger partial charge in [0.25, 0.3) is 5.91 Å². The highest BCUT2D eigenvalue weighted by atomic mass is 19.1. The second kappa shape index (κ2) is 10.8. The van der Waals surface area contributed by atoms with E-state index in [4.69, 9.17) is 4.74 Å². The molecule has 144 valence electrons. The summed E-state index contributed by atoms with van der Waals surface area (Å²) in [7, 11) is 3.26. The fraction of sp³-hybridized carbons (Fsp3) is 0.300. The molecule has 0 aliphatic heterocycles. The molecule has 2 aromatic carbocycles. The first-order valence-electron chi connectivity index (χ1n) is 8.73. The Bertz CT molecular complexity index is 763. The molecule has 0 radical (unpaired) electrons. The Labute approximate surface area is 158 Å². The van der Waals surface area contributed by atoms with Crippen molar-refractivity contribution in [3.05, 3.63) is 65.5 Å².